The highest BCUT2D eigenvalue weighted by Crippen LogP contribution is 2.27. The van der Waals surface area contributed by atoms with Crippen molar-refractivity contribution in [2.45, 2.75) is 13.3 Å². The molecule has 0 atom stereocenters. The van der Waals surface area contributed by atoms with Gasteiger partial charge in [-0.15, -0.1) is 0 Å². The van der Waals surface area contributed by atoms with Gasteiger partial charge in [-0.3, -0.25) is 0 Å². The summed E-state index contributed by atoms with van der Waals surface area (Å²) in [7, 11) is 2.01. The van der Waals surface area contributed by atoms with Crippen LogP contribution in [0, 0.1) is 18.3 Å². The molecule has 0 saturated carbocycles. The summed E-state index contributed by atoms with van der Waals surface area (Å²) in [5.41, 5.74) is 10.8. The van der Waals surface area contributed by atoms with Crippen LogP contribution >= 0.6 is 0 Å². The van der Waals surface area contributed by atoms with Crippen LogP contribution in [0.2, 0.25) is 0 Å². The Morgan fingerprint density at radius 3 is 2.37 bits per heavy atom. The van der Waals surface area contributed by atoms with E-state index in [2.05, 4.69) is 42.2 Å². The normalized spacial score (nSPS) is 9.95. The fourth-order valence-corrected chi connectivity index (χ4v) is 1.96. The number of nitrogens with two attached hydrogens (primary N) is 1. The predicted octanol–water partition coefficient (Wildman–Crippen LogP) is 3.41. The third-order valence-corrected chi connectivity index (χ3v) is 3.20. The molecule has 0 aliphatic rings. The van der Waals surface area contributed by atoms with Crippen molar-refractivity contribution in [1.82, 2.24) is 0 Å². The van der Waals surface area contributed by atoms with Crippen molar-refractivity contribution in [2.75, 3.05) is 17.7 Å². The lowest BCUT2D eigenvalue weighted by Gasteiger charge is -2.20. The molecule has 0 radical (unpaired) electrons. The number of benzene rings is 2. The number of hydrogen-bond donors (Lipinski definition) is 1. The predicted molar refractivity (Wildman–Crippen MR) is 79.4 cm³/mol. The van der Waals surface area contributed by atoms with Gasteiger partial charge in [0, 0.05) is 24.1 Å². The molecule has 3 nitrogen and oxygen atoms in total. The third kappa shape index (κ3) is 2.86. The highest BCUT2D eigenvalue weighted by atomic mass is 15.1. The van der Waals surface area contributed by atoms with Gasteiger partial charge in [-0.05, 0) is 42.8 Å². The second-order valence-corrected chi connectivity index (χ2v) is 4.61. The first kappa shape index (κ1) is 13.0. The van der Waals surface area contributed by atoms with E-state index in [0.29, 0.717) is 12.1 Å². The van der Waals surface area contributed by atoms with Crippen LogP contribution in [0.15, 0.2) is 42.5 Å². The quantitative estimate of drug-likeness (QED) is 0.850. The number of rotatable bonds is 3. The molecule has 19 heavy (non-hydrogen) atoms. The van der Waals surface area contributed by atoms with Gasteiger partial charge in [-0.2, -0.15) is 5.26 Å². The van der Waals surface area contributed by atoms with Crippen LogP contribution in [0.5, 0.6) is 0 Å². The van der Waals surface area contributed by atoms with Crippen molar-refractivity contribution in [2.24, 2.45) is 0 Å². The maximum absolute atomic E-state index is 8.80. The first-order valence-electron chi connectivity index (χ1n) is 6.17. The van der Waals surface area contributed by atoms with E-state index in [0.717, 1.165) is 16.9 Å². The van der Waals surface area contributed by atoms with E-state index in [1.807, 2.05) is 25.2 Å². The van der Waals surface area contributed by atoms with Gasteiger partial charge < -0.3 is 10.6 Å². The van der Waals surface area contributed by atoms with E-state index in [1.165, 1.54) is 5.56 Å². The number of aryl methyl sites for hydroxylation is 1. The summed E-state index contributed by atoms with van der Waals surface area (Å²) in [6.45, 7) is 2.07. The zero-order valence-corrected chi connectivity index (χ0v) is 11.2. The summed E-state index contributed by atoms with van der Waals surface area (Å²) in [6.07, 6.45) is 0.335. The first-order chi connectivity index (χ1) is 9.11. The van der Waals surface area contributed by atoms with Crippen LogP contribution in [0.25, 0.3) is 0 Å². The van der Waals surface area contributed by atoms with Crippen LogP contribution in [-0.4, -0.2) is 7.05 Å². The van der Waals surface area contributed by atoms with Gasteiger partial charge in [0.1, 0.15) is 0 Å². The summed E-state index contributed by atoms with van der Waals surface area (Å²) in [5, 5.41) is 8.80. The Morgan fingerprint density at radius 2 is 1.74 bits per heavy atom. The van der Waals surface area contributed by atoms with Crippen molar-refractivity contribution in [3.8, 4) is 6.07 Å². The summed E-state index contributed by atoms with van der Waals surface area (Å²) < 4.78 is 0. The Hall–Kier alpha value is -2.47. The van der Waals surface area contributed by atoms with Crippen molar-refractivity contribution in [1.29, 1.82) is 5.26 Å². The van der Waals surface area contributed by atoms with E-state index in [4.69, 9.17) is 11.0 Å². The molecule has 0 heterocycles. The highest BCUT2D eigenvalue weighted by Gasteiger charge is 2.06. The molecular weight excluding hydrogens is 234 g/mol. The molecular formula is C16H17N3. The van der Waals surface area contributed by atoms with Gasteiger partial charge in [0.2, 0.25) is 0 Å². The molecule has 2 N–H and O–H groups in total. The van der Waals surface area contributed by atoms with E-state index in [-0.39, 0.29) is 0 Å². The maximum atomic E-state index is 8.80. The first-order valence-corrected chi connectivity index (χ1v) is 6.17. The molecule has 96 valence electrons. The van der Waals surface area contributed by atoms with Crippen LogP contribution in [0.1, 0.15) is 11.1 Å². The molecule has 0 saturated heterocycles. The van der Waals surface area contributed by atoms with Gasteiger partial charge in [0.15, 0.2) is 0 Å². The van der Waals surface area contributed by atoms with Gasteiger partial charge in [0.05, 0.1) is 12.5 Å². The Balaban J connectivity index is 2.33. The summed E-state index contributed by atoms with van der Waals surface area (Å²) >= 11 is 0. The summed E-state index contributed by atoms with van der Waals surface area (Å²) in [6, 6.07) is 16.3. The second-order valence-electron chi connectivity index (χ2n) is 4.61. The Labute approximate surface area is 113 Å². The van der Waals surface area contributed by atoms with E-state index in [1.54, 1.807) is 0 Å². The Bertz CT molecular complexity index is 609. The number of hydrogen-bond acceptors (Lipinski definition) is 3. The third-order valence-electron chi connectivity index (χ3n) is 3.20. The number of nitrogens with zero attached hydrogens (tertiary/aromatic N) is 2. The SMILES string of the molecule is Cc1ccc(N(C)c2ccc(N)c(CC#N)c2)cc1. The summed E-state index contributed by atoms with van der Waals surface area (Å²) in [4.78, 5) is 2.08. The molecule has 0 amide bonds. The van der Waals surface area contributed by atoms with Gasteiger partial charge in [-0.1, -0.05) is 17.7 Å². The fourth-order valence-electron chi connectivity index (χ4n) is 1.96. The molecule has 3 heteroatoms. The topological polar surface area (TPSA) is 53.0 Å². The second kappa shape index (κ2) is 5.45. The lowest BCUT2D eigenvalue weighted by Crippen LogP contribution is -2.10. The molecule has 0 aliphatic heterocycles. The molecule has 0 aromatic heterocycles. The van der Waals surface area contributed by atoms with Gasteiger partial charge in [0.25, 0.3) is 0 Å². The standard InChI is InChI=1S/C16H17N3/c1-12-3-5-14(6-4-12)19(2)15-7-8-16(18)13(11-15)9-10-17/h3-8,11H,9,18H2,1-2H3. The maximum Gasteiger partial charge on any atom is 0.0670 e. The molecule has 2 rings (SSSR count). The van der Waals surface area contributed by atoms with E-state index in [9.17, 15) is 0 Å². The number of nitrogen functional groups attached to an aromatic ring is 1. The molecule has 0 aliphatic carbocycles. The molecule has 0 unspecified atom stereocenters. The number of anilines is 3. The molecule has 0 spiro atoms. The zero-order valence-electron chi connectivity index (χ0n) is 11.2. The molecule has 0 fully saturated rings. The van der Waals surface area contributed by atoms with Gasteiger partial charge >= 0.3 is 0 Å². The highest BCUT2D eigenvalue weighted by molar-refractivity contribution is 5.66. The molecule has 2 aromatic carbocycles. The van der Waals surface area contributed by atoms with E-state index < -0.39 is 0 Å². The average Bonchev–Trinajstić information content (AvgIpc) is 2.41. The summed E-state index contributed by atoms with van der Waals surface area (Å²) in [5.74, 6) is 0. The van der Waals surface area contributed by atoms with Crippen LogP contribution in [0.4, 0.5) is 17.1 Å². The van der Waals surface area contributed by atoms with Crippen LogP contribution < -0.4 is 10.6 Å². The van der Waals surface area contributed by atoms with Crippen LogP contribution in [0.3, 0.4) is 0 Å². The number of nitriles is 1. The van der Waals surface area contributed by atoms with Crippen molar-refractivity contribution < 1.29 is 0 Å². The molecule has 0 bridgehead atoms. The minimum Gasteiger partial charge on any atom is -0.398 e. The largest absolute Gasteiger partial charge is 0.398 e. The van der Waals surface area contributed by atoms with Gasteiger partial charge in [-0.25, -0.2) is 0 Å². The lowest BCUT2D eigenvalue weighted by atomic mass is 10.1. The van der Waals surface area contributed by atoms with Crippen LogP contribution in [-0.2, 0) is 6.42 Å². The minimum absolute atomic E-state index is 0.335. The van der Waals surface area contributed by atoms with Crippen molar-refractivity contribution in [3.63, 3.8) is 0 Å². The minimum atomic E-state index is 0.335. The molecule has 2 aromatic rings. The average molecular weight is 251 g/mol. The van der Waals surface area contributed by atoms with Crippen molar-refractivity contribution >= 4 is 17.1 Å². The van der Waals surface area contributed by atoms with E-state index >= 15 is 0 Å². The van der Waals surface area contributed by atoms with Crippen molar-refractivity contribution in [3.05, 3.63) is 53.6 Å². The zero-order chi connectivity index (χ0) is 13.8. The Morgan fingerprint density at radius 1 is 1.11 bits per heavy atom. The Kier molecular flexibility index (Phi) is 3.72. The lowest BCUT2D eigenvalue weighted by molar-refractivity contribution is 1.18. The smallest absolute Gasteiger partial charge is 0.0670 e. The monoisotopic (exact) mass is 251 g/mol. The fraction of sp³-hybridized carbons (Fsp3) is 0.188.